The van der Waals surface area contributed by atoms with Crippen LogP contribution in [0.3, 0.4) is 0 Å². The van der Waals surface area contributed by atoms with Gasteiger partial charge in [-0.3, -0.25) is 4.79 Å². The highest BCUT2D eigenvalue weighted by molar-refractivity contribution is 7.90. The molecule has 1 saturated heterocycles. The Morgan fingerprint density at radius 1 is 1.07 bits per heavy atom. The van der Waals surface area contributed by atoms with Gasteiger partial charge in [0.05, 0.1) is 5.92 Å². The molecule has 5 rings (SSSR count). The van der Waals surface area contributed by atoms with Crippen molar-refractivity contribution in [3.8, 4) is 0 Å². The zero-order valence-corrected chi connectivity index (χ0v) is 16.9. The lowest BCUT2D eigenvalue weighted by atomic mass is 9.96. The van der Waals surface area contributed by atoms with Gasteiger partial charge < -0.3 is 10.2 Å². The standard InChI is InChI=1S/C22H23N3O3S/c26-22(23-18-11-10-15-5-3-6-16(15)13-18)17-7-4-12-25(14-17)21-19-8-1-2-9-20(19)29(27,28)24-21/h1-2,8-11,13,17H,3-7,12,14H2,(H,23,26)/t17-/m0/s1. The minimum atomic E-state index is -3.65. The minimum absolute atomic E-state index is 0.0117. The van der Waals surface area contributed by atoms with Crippen LogP contribution < -0.4 is 5.32 Å². The summed E-state index contributed by atoms with van der Waals surface area (Å²) in [7, 11) is -3.65. The predicted molar refractivity (Wildman–Crippen MR) is 112 cm³/mol. The first-order valence-corrected chi connectivity index (χ1v) is 11.6. The number of rotatable bonds is 2. The van der Waals surface area contributed by atoms with Crippen LogP contribution in [0.15, 0.2) is 51.8 Å². The van der Waals surface area contributed by atoms with Gasteiger partial charge in [-0.25, -0.2) is 0 Å². The number of fused-ring (bicyclic) bond motifs is 2. The second kappa shape index (κ2) is 6.99. The van der Waals surface area contributed by atoms with Crippen LogP contribution in [0.2, 0.25) is 0 Å². The van der Waals surface area contributed by atoms with Crippen LogP contribution in [0.25, 0.3) is 0 Å². The molecular formula is C22H23N3O3S. The lowest BCUT2D eigenvalue weighted by molar-refractivity contribution is -0.121. The lowest BCUT2D eigenvalue weighted by Crippen LogP contribution is -2.43. The molecule has 2 aromatic rings. The molecule has 2 aliphatic heterocycles. The molecule has 0 saturated carbocycles. The largest absolute Gasteiger partial charge is 0.355 e. The molecule has 2 heterocycles. The van der Waals surface area contributed by atoms with Crippen molar-refractivity contribution < 1.29 is 13.2 Å². The Morgan fingerprint density at radius 2 is 1.90 bits per heavy atom. The van der Waals surface area contributed by atoms with Crippen molar-refractivity contribution in [3.05, 3.63) is 59.2 Å². The summed E-state index contributed by atoms with van der Waals surface area (Å²) in [6.45, 7) is 1.17. The molecule has 1 N–H and O–H groups in total. The Bertz CT molecular complexity index is 1120. The lowest BCUT2D eigenvalue weighted by Gasteiger charge is -2.33. The van der Waals surface area contributed by atoms with Crippen molar-refractivity contribution in [2.75, 3.05) is 18.4 Å². The number of piperidine rings is 1. The molecule has 3 aliphatic rings. The highest BCUT2D eigenvalue weighted by Gasteiger charge is 2.35. The molecule has 1 atom stereocenters. The first kappa shape index (κ1) is 18.4. The van der Waals surface area contributed by atoms with Gasteiger partial charge in [0.1, 0.15) is 4.90 Å². The highest BCUT2D eigenvalue weighted by Crippen LogP contribution is 2.30. The van der Waals surface area contributed by atoms with Gasteiger partial charge in [0.15, 0.2) is 5.84 Å². The van der Waals surface area contributed by atoms with Crippen molar-refractivity contribution in [1.29, 1.82) is 0 Å². The van der Waals surface area contributed by atoms with Gasteiger partial charge in [0.2, 0.25) is 5.91 Å². The van der Waals surface area contributed by atoms with Gasteiger partial charge in [0.25, 0.3) is 10.0 Å². The van der Waals surface area contributed by atoms with Crippen LogP contribution in [0, 0.1) is 5.92 Å². The molecule has 0 bridgehead atoms. The van der Waals surface area contributed by atoms with Gasteiger partial charge in [-0.1, -0.05) is 18.2 Å². The quantitative estimate of drug-likeness (QED) is 0.827. The molecule has 7 heteroatoms. The van der Waals surface area contributed by atoms with Crippen LogP contribution in [0.4, 0.5) is 5.69 Å². The van der Waals surface area contributed by atoms with E-state index in [9.17, 15) is 13.2 Å². The van der Waals surface area contributed by atoms with Crippen molar-refractivity contribution >= 4 is 27.5 Å². The number of anilines is 1. The maximum absolute atomic E-state index is 12.9. The number of likely N-dealkylation sites (tertiary alicyclic amines) is 1. The molecule has 0 radical (unpaired) electrons. The van der Waals surface area contributed by atoms with E-state index in [1.807, 2.05) is 17.0 Å². The number of benzene rings is 2. The van der Waals surface area contributed by atoms with E-state index in [2.05, 4.69) is 21.8 Å². The highest BCUT2D eigenvalue weighted by atomic mass is 32.2. The number of amidine groups is 1. The van der Waals surface area contributed by atoms with E-state index in [1.54, 1.807) is 18.2 Å². The van der Waals surface area contributed by atoms with Gasteiger partial charge in [0, 0.05) is 24.3 Å². The molecule has 150 valence electrons. The van der Waals surface area contributed by atoms with E-state index in [1.165, 1.54) is 17.5 Å². The summed E-state index contributed by atoms with van der Waals surface area (Å²) in [5.41, 5.74) is 4.19. The van der Waals surface area contributed by atoms with Gasteiger partial charge in [-0.15, -0.1) is 4.40 Å². The summed E-state index contributed by atoms with van der Waals surface area (Å²) in [6, 6.07) is 13.1. The number of aryl methyl sites for hydroxylation is 2. The van der Waals surface area contributed by atoms with Crippen LogP contribution in [0.5, 0.6) is 0 Å². The number of amides is 1. The third kappa shape index (κ3) is 3.33. The molecule has 1 aliphatic carbocycles. The number of nitrogens with zero attached hydrogens (tertiary/aromatic N) is 2. The van der Waals surface area contributed by atoms with Crippen molar-refractivity contribution in [3.63, 3.8) is 0 Å². The first-order valence-electron chi connectivity index (χ1n) is 10.1. The molecule has 0 aromatic heterocycles. The van der Waals surface area contributed by atoms with Crippen molar-refractivity contribution in [2.45, 2.75) is 37.0 Å². The smallest absolute Gasteiger partial charge is 0.285 e. The molecule has 0 spiro atoms. The maximum atomic E-state index is 12.9. The van der Waals surface area contributed by atoms with E-state index in [4.69, 9.17) is 0 Å². The van der Waals surface area contributed by atoms with Crippen LogP contribution in [-0.2, 0) is 27.7 Å². The second-order valence-electron chi connectivity index (χ2n) is 8.00. The average molecular weight is 410 g/mol. The maximum Gasteiger partial charge on any atom is 0.285 e. The second-order valence-corrected chi connectivity index (χ2v) is 9.57. The normalized spacial score (nSPS) is 22.0. The molecule has 1 amide bonds. The zero-order chi connectivity index (χ0) is 20.0. The third-order valence-electron chi connectivity index (χ3n) is 6.07. The first-order chi connectivity index (χ1) is 14.0. The van der Waals surface area contributed by atoms with E-state index in [0.29, 0.717) is 24.5 Å². The average Bonchev–Trinajstić information content (AvgIpc) is 3.30. The molecule has 6 nitrogen and oxygen atoms in total. The summed E-state index contributed by atoms with van der Waals surface area (Å²) in [5.74, 6) is 0.258. The molecule has 29 heavy (non-hydrogen) atoms. The summed E-state index contributed by atoms with van der Waals surface area (Å²) in [4.78, 5) is 15.1. The predicted octanol–water partition coefficient (Wildman–Crippen LogP) is 2.97. The Hall–Kier alpha value is -2.67. The van der Waals surface area contributed by atoms with Gasteiger partial charge in [-0.05, 0) is 67.5 Å². The SMILES string of the molecule is O=C(Nc1ccc2c(c1)CCC2)[C@H]1CCCN(C2=NS(=O)(=O)c3ccccc32)C1. The summed E-state index contributed by atoms with van der Waals surface area (Å²) < 4.78 is 28.7. The molecule has 1 fully saturated rings. The van der Waals surface area contributed by atoms with E-state index < -0.39 is 10.0 Å². The Kier molecular flexibility index (Phi) is 4.42. The Balaban J connectivity index is 1.33. The van der Waals surface area contributed by atoms with Gasteiger partial charge >= 0.3 is 0 Å². The van der Waals surface area contributed by atoms with E-state index in [0.717, 1.165) is 31.4 Å². The summed E-state index contributed by atoms with van der Waals surface area (Å²) in [6.07, 6.45) is 4.98. The van der Waals surface area contributed by atoms with Gasteiger partial charge in [-0.2, -0.15) is 8.42 Å². The fourth-order valence-electron chi connectivity index (χ4n) is 4.59. The van der Waals surface area contributed by atoms with E-state index >= 15 is 0 Å². The summed E-state index contributed by atoms with van der Waals surface area (Å²) in [5, 5.41) is 3.06. The number of sulfonamides is 1. The molecule has 0 unspecified atom stereocenters. The Labute approximate surface area is 170 Å². The monoisotopic (exact) mass is 409 g/mol. The van der Waals surface area contributed by atoms with Crippen molar-refractivity contribution in [2.24, 2.45) is 10.3 Å². The topological polar surface area (TPSA) is 78.8 Å². The number of carbonyl (C=O) groups excluding carboxylic acids is 1. The Morgan fingerprint density at radius 3 is 2.79 bits per heavy atom. The molecule has 2 aromatic carbocycles. The van der Waals surface area contributed by atoms with Crippen LogP contribution in [0.1, 0.15) is 36.0 Å². The van der Waals surface area contributed by atoms with Crippen LogP contribution in [-0.4, -0.2) is 38.2 Å². The number of hydrogen-bond donors (Lipinski definition) is 1. The van der Waals surface area contributed by atoms with E-state index in [-0.39, 0.29) is 16.7 Å². The van der Waals surface area contributed by atoms with Crippen LogP contribution >= 0.6 is 0 Å². The summed E-state index contributed by atoms with van der Waals surface area (Å²) >= 11 is 0. The number of hydrogen-bond acceptors (Lipinski definition) is 4. The fraction of sp³-hybridized carbons (Fsp3) is 0.364. The molecular weight excluding hydrogens is 386 g/mol. The number of nitrogens with one attached hydrogen (secondary N) is 1. The zero-order valence-electron chi connectivity index (χ0n) is 16.1. The minimum Gasteiger partial charge on any atom is -0.355 e. The fourth-order valence-corrected chi connectivity index (χ4v) is 5.82. The van der Waals surface area contributed by atoms with Crippen molar-refractivity contribution in [1.82, 2.24) is 4.90 Å². The number of carbonyl (C=O) groups is 1. The third-order valence-corrected chi connectivity index (χ3v) is 7.40.